The highest BCUT2D eigenvalue weighted by atomic mass is 16.8. The Labute approximate surface area is 154 Å². The quantitative estimate of drug-likeness (QED) is 0.291. The Morgan fingerprint density at radius 3 is 2.54 bits per heavy atom. The Kier molecular flexibility index (Phi) is 7.11. The highest BCUT2D eigenvalue weighted by Crippen LogP contribution is 2.41. The molecule has 0 unspecified atom stereocenters. The van der Waals surface area contributed by atoms with Crippen molar-refractivity contribution in [2.45, 2.75) is 44.1 Å². The van der Waals surface area contributed by atoms with Gasteiger partial charge >= 0.3 is 5.97 Å². The smallest absolute Gasteiger partial charge is 0.330 e. The lowest BCUT2D eigenvalue weighted by atomic mass is 9.97. The molecule has 4 atom stereocenters. The summed E-state index contributed by atoms with van der Waals surface area (Å²) in [4.78, 5) is 11.9. The number of benzene rings is 1. The zero-order valence-corrected chi connectivity index (χ0v) is 15.4. The van der Waals surface area contributed by atoms with Crippen molar-refractivity contribution in [1.29, 1.82) is 0 Å². The van der Waals surface area contributed by atoms with E-state index in [0.717, 1.165) is 11.6 Å². The second-order valence-electron chi connectivity index (χ2n) is 6.31. The first-order valence-electron chi connectivity index (χ1n) is 8.38. The summed E-state index contributed by atoms with van der Waals surface area (Å²) in [7, 11) is 1.51. The molecule has 6 nitrogen and oxygen atoms in total. The van der Waals surface area contributed by atoms with Crippen LogP contribution in [0.4, 0.5) is 0 Å². The van der Waals surface area contributed by atoms with E-state index in [9.17, 15) is 4.79 Å². The Morgan fingerprint density at radius 2 is 1.96 bits per heavy atom. The first kappa shape index (κ1) is 20.3. The molecule has 0 radical (unpaired) electrons. The third-order valence-corrected chi connectivity index (χ3v) is 3.93. The van der Waals surface area contributed by atoms with Gasteiger partial charge in [-0.1, -0.05) is 43.0 Å². The third kappa shape index (κ3) is 5.02. The number of carbonyl (C=O) groups excluding carboxylic acids is 1. The standard InChI is InChI=1S/C20H26O6/c1-6-15(23-13-22-5)18(24-16(21)7-2)19-17(25-20(3,4)26-19)14-11-9-8-10-12-14/h6-12,15,17-19H,1-2,13H2,3-5H3/t15-,17-,18+,19+/m0/s1. The van der Waals surface area contributed by atoms with E-state index >= 15 is 0 Å². The summed E-state index contributed by atoms with van der Waals surface area (Å²) in [5, 5.41) is 0. The van der Waals surface area contributed by atoms with Crippen LogP contribution < -0.4 is 0 Å². The molecular formula is C20H26O6. The van der Waals surface area contributed by atoms with Crippen LogP contribution in [-0.2, 0) is 28.5 Å². The van der Waals surface area contributed by atoms with E-state index in [-0.39, 0.29) is 6.79 Å². The molecule has 1 aliphatic heterocycles. The first-order valence-corrected chi connectivity index (χ1v) is 8.38. The fourth-order valence-electron chi connectivity index (χ4n) is 2.88. The Morgan fingerprint density at radius 1 is 1.27 bits per heavy atom. The van der Waals surface area contributed by atoms with Crippen LogP contribution in [0.1, 0.15) is 25.5 Å². The van der Waals surface area contributed by atoms with Crippen LogP contribution in [0.5, 0.6) is 0 Å². The number of hydrogen-bond donors (Lipinski definition) is 0. The molecule has 1 saturated heterocycles. The van der Waals surface area contributed by atoms with Crippen molar-refractivity contribution in [3.63, 3.8) is 0 Å². The predicted octanol–water partition coefficient (Wildman–Crippen LogP) is 3.15. The van der Waals surface area contributed by atoms with E-state index in [1.807, 2.05) is 44.2 Å². The van der Waals surface area contributed by atoms with Gasteiger partial charge in [0.2, 0.25) is 0 Å². The van der Waals surface area contributed by atoms with E-state index in [1.54, 1.807) is 6.08 Å². The molecule has 0 N–H and O–H groups in total. The molecule has 2 rings (SSSR count). The summed E-state index contributed by atoms with van der Waals surface area (Å²) in [6.45, 7) is 10.9. The van der Waals surface area contributed by atoms with Crippen LogP contribution in [0.15, 0.2) is 55.6 Å². The largest absolute Gasteiger partial charge is 0.453 e. The van der Waals surface area contributed by atoms with Crippen LogP contribution in [-0.4, -0.2) is 44.0 Å². The fourth-order valence-corrected chi connectivity index (χ4v) is 2.88. The van der Waals surface area contributed by atoms with Gasteiger partial charge in [0, 0.05) is 13.2 Å². The minimum atomic E-state index is -0.850. The van der Waals surface area contributed by atoms with Crippen molar-refractivity contribution in [1.82, 2.24) is 0 Å². The topological polar surface area (TPSA) is 63.2 Å². The maximum Gasteiger partial charge on any atom is 0.330 e. The van der Waals surface area contributed by atoms with Crippen molar-refractivity contribution >= 4 is 5.97 Å². The summed E-state index contributed by atoms with van der Waals surface area (Å²) < 4.78 is 28.3. The first-order chi connectivity index (χ1) is 12.4. The molecule has 6 heteroatoms. The minimum absolute atomic E-state index is 0.0196. The molecule has 0 bridgehead atoms. The molecule has 0 aliphatic carbocycles. The summed E-state index contributed by atoms with van der Waals surface area (Å²) in [6.07, 6.45) is 0.171. The molecule has 0 amide bonds. The van der Waals surface area contributed by atoms with Crippen molar-refractivity contribution < 1.29 is 28.5 Å². The monoisotopic (exact) mass is 362 g/mol. The number of ether oxygens (including phenoxy) is 5. The molecule has 1 fully saturated rings. The van der Waals surface area contributed by atoms with Gasteiger partial charge in [0.05, 0.1) is 0 Å². The lowest BCUT2D eigenvalue weighted by molar-refractivity contribution is -0.185. The van der Waals surface area contributed by atoms with Crippen molar-refractivity contribution in [3.05, 3.63) is 61.2 Å². The third-order valence-electron chi connectivity index (χ3n) is 3.93. The molecule has 0 aromatic heterocycles. The number of esters is 1. The molecule has 1 aromatic rings. The van der Waals surface area contributed by atoms with Gasteiger partial charge in [-0.25, -0.2) is 4.79 Å². The van der Waals surface area contributed by atoms with Crippen LogP contribution in [0, 0.1) is 0 Å². The van der Waals surface area contributed by atoms with Gasteiger partial charge in [-0.2, -0.15) is 0 Å². The van der Waals surface area contributed by atoms with Gasteiger partial charge in [0.1, 0.15) is 25.1 Å². The fraction of sp³-hybridized carbons (Fsp3) is 0.450. The summed E-state index contributed by atoms with van der Waals surface area (Å²) >= 11 is 0. The van der Waals surface area contributed by atoms with Gasteiger partial charge in [-0.05, 0) is 19.4 Å². The number of hydrogen-bond acceptors (Lipinski definition) is 6. The maximum atomic E-state index is 11.9. The molecule has 0 spiro atoms. The lowest BCUT2D eigenvalue weighted by Gasteiger charge is -2.31. The molecule has 142 valence electrons. The summed E-state index contributed by atoms with van der Waals surface area (Å²) in [5.41, 5.74) is 0.914. The molecule has 1 aliphatic rings. The van der Waals surface area contributed by atoms with Gasteiger partial charge in [-0.3, -0.25) is 0 Å². The van der Waals surface area contributed by atoms with Crippen LogP contribution >= 0.6 is 0 Å². The average Bonchev–Trinajstić information content (AvgIpc) is 2.97. The van der Waals surface area contributed by atoms with Gasteiger partial charge in [0.25, 0.3) is 0 Å². The minimum Gasteiger partial charge on any atom is -0.453 e. The van der Waals surface area contributed by atoms with Crippen LogP contribution in [0.3, 0.4) is 0 Å². The Bertz CT molecular complexity index is 612. The van der Waals surface area contributed by atoms with Gasteiger partial charge in [-0.15, -0.1) is 6.58 Å². The second-order valence-corrected chi connectivity index (χ2v) is 6.31. The second kappa shape index (κ2) is 9.09. The van der Waals surface area contributed by atoms with E-state index in [2.05, 4.69) is 13.2 Å². The molecule has 1 aromatic carbocycles. The van der Waals surface area contributed by atoms with E-state index < -0.39 is 36.2 Å². The summed E-state index contributed by atoms with van der Waals surface area (Å²) in [6, 6.07) is 9.63. The number of carbonyl (C=O) groups is 1. The predicted molar refractivity (Wildman–Crippen MR) is 96.2 cm³/mol. The van der Waals surface area contributed by atoms with Crippen LogP contribution in [0.2, 0.25) is 0 Å². The van der Waals surface area contributed by atoms with Gasteiger partial charge < -0.3 is 23.7 Å². The van der Waals surface area contributed by atoms with E-state index in [0.29, 0.717) is 0 Å². The Hall–Kier alpha value is -1.99. The molecule has 0 saturated carbocycles. The van der Waals surface area contributed by atoms with Gasteiger partial charge in [0.15, 0.2) is 11.9 Å². The summed E-state index contributed by atoms with van der Waals surface area (Å²) in [5.74, 6) is -1.43. The SMILES string of the molecule is C=CC(=O)O[C@@H]([C@@H]1OC(C)(C)O[C@H]1c1ccccc1)[C@H](C=C)OCOC. The van der Waals surface area contributed by atoms with Crippen LogP contribution in [0.25, 0.3) is 0 Å². The number of rotatable bonds is 9. The van der Waals surface area contributed by atoms with E-state index in [1.165, 1.54) is 7.11 Å². The zero-order chi connectivity index (χ0) is 19.2. The van der Waals surface area contributed by atoms with Crippen molar-refractivity contribution in [3.8, 4) is 0 Å². The molecule has 26 heavy (non-hydrogen) atoms. The maximum absolute atomic E-state index is 11.9. The van der Waals surface area contributed by atoms with E-state index in [4.69, 9.17) is 23.7 Å². The molecule has 1 heterocycles. The lowest BCUT2D eigenvalue weighted by Crippen LogP contribution is -2.44. The number of methoxy groups -OCH3 is 1. The Balaban J connectivity index is 2.36. The normalized spacial score (nSPS) is 23.8. The molecular weight excluding hydrogens is 336 g/mol. The average molecular weight is 362 g/mol. The highest BCUT2D eigenvalue weighted by molar-refractivity contribution is 5.81. The zero-order valence-electron chi connectivity index (χ0n) is 15.4. The van der Waals surface area contributed by atoms with Crippen molar-refractivity contribution in [2.24, 2.45) is 0 Å². The van der Waals surface area contributed by atoms with Crippen molar-refractivity contribution in [2.75, 3.05) is 13.9 Å². The highest BCUT2D eigenvalue weighted by Gasteiger charge is 2.49.